The second-order valence-electron chi connectivity index (χ2n) is 3.37. The minimum Gasteiger partial charge on any atom is -0.497 e. The highest BCUT2D eigenvalue weighted by Crippen LogP contribution is 2.25. The molecule has 0 aliphatic carbocycles. The lowest BCUT2D eigenvalue weighted by Gasteiger charge is -2.07. The molecule has 0 radical (unpaired) electrons. The third-order valence-corrected chi connectivity index (χ3v) is 2.32. The Hall–Kier alpha value is -2.01. The molecule has 1 aliphatic heterocycles. The summed E-state index contributed by atoms with van der Waals surface area (Å²) in [5.74, 6) is 1.01. The molecule has 5 heteroatoms. The summed E-state index contributed by atoms with van der Waals surface area (Å²) in [6.45, 7) is 0.280. The van der Waals surface area contributed by atoms with Crippen LogP contribution in [-0.2, 0) is 9.78 Å². The average molecular weight is 236 g/mol. The zero-order valence-electron chi connectivity index (χ0n) is 9.56. The first kappa shape index (κ1) is 11.5. The van der Waals surface area contributed by atoms with Crippen molar-refractivity contribution in [3.63, 3.8) is 0 Å². The van der Waals surface area contributed by atoms with Crippen LogP contribution in [0.3, 0.4) is 0 Å². The van der Waals surface area contributed by atoms with E-state index in [1.54, 1.807) is 24.3 Å². The highest BCUT2D eigenvalue weighted by molar-refractivity contribution is 6.07. The van der Waals surface area contributed by atoms with Gasteiger partial charge in [0.15, 0.2) is 0 Å². The van der Waals surface area contributed by atoms with Crippen LogP contribution in [0.2, 0.25) is 0 Å². The Balaban J connectivity index is 2.33. The van der Waals surface area contributed by atoms with E-state index in [0.717, 1.165) is 0 Å². The number of carbonyl (C=O) groups is 1. The van der Waals surface area contributed by atoms with Crippen LogP contribution < -0.4 is 9.47 Å². The van der Waals surface area contributed by atoms with Gasteiger partial charge in [0.1, 0.15) is 18.1 Å². The number of carbonyl (C=O) groups excluding carboxylic acids is 1. The van der Waals surface area contributed by atoms with Gasteiger partial charge in [-0.15, -0.1) is 0 Å². The van der Waals surface area contributed by atoms with Crippen molar-refractivity contribution in [2.24, 2.45) is 0 Å². The van der Waals surface area contributed by atoms with Crippen LogP contribution >= 0.6 is 0 Å². The standard InChI is InChI=1S/C12H12O5/c1-14-9-5-8(6-10(7-9)15-2)12(13)11-3-4-16-17-11/h3,5-7H,4H2,1-2H3. The maximum absolute atomic E-state index is 12.0. The first-order chi connectivity index (χ1) is 8.24. The molecule has 0 saturated carbocycles. The van der Waals surface area contributed by atoms with Gasteiger partial charge in [-0.1, -0.05) is 0 Å². The molecular formula is C12H12O5. The number of hydrogen-bond acceptors (Lipinski definition) is 5. The van der Waals surface area contributed by atoms with Gasteiger partial charge in [-0.25, -0.2) is 0 Å². The van der Waals surface area contributed by atoms with Crippen LogP contribution in [0.25, 0.3) is 0 Å². The number of ether oxygens (including phenoxy) is 2. The summed E-state index contributed by atoms with van der Waals surface area (Å²) in [7, 11) is 3.05. The lowest BCUT2D eigenvalue weighted by atomic mass is 10.1. The topological polar surface area (TPSA) is 54.0 Å². The van der Waals surface area contributed by atoms with Crippen LogP contribution in [0.1, 0.15) is 10.4 Å². The zero-order valence-corrected chi connectivity index (χ0v) is 9.56. The van der Waals surface area contributed by atoms with Crippen molar-refractivity contribution in [3.05, 3.63) is 35.6 Å². The molecule has 1 aromatic rings. The van der Waals surface area contributed by atoms with Gasteiger partial charge in [0.25, 0.3) is 0 Å². The average Bonchev–Trinajstić information content (AvgIpc) is 2.91. The quantitative estimate of drug-likeness (QED) is 0.588. The van der Waals surface area contributed by atoms with Gasteiger partial charge in [0, 0.05) is 11.6 Å². The number of Topliss-reactive ketones (excluding diaryl/α,β-unsaturated/α-hetero) is 1. The van der Waals surface area contributed by atoms with Gasteiger partial charge in [0.2, 0.25) is 11.5 Å². The smallest absolute Gasteiger partial charge is 0.231 e. The SMILES string of the molecule is COc1cc(OC)cc(C(=O)C2=CCOO2)c1. The zero-order chi connectivity index (χ0) is 12.3. The second-order valence-corrected chi connectivity index (χ2v) is 3.37. The van der Waals surface area contributed by atoms with Gasteiger partial charge in [-0.05, 0) is 18.2 Å². The van der Waals surface area contributed by atoms with Crippen LogP contribution in [0.4, 0.5) is 0 Å². The van der Waals surface area contributed by atoms with Gasteiger partial charge < -0.3 is 14.4 Å². The number of rotatable bonds is 4. The van der Waals surface area contributed by atoms with E-state index in [-0.39, 0.29) is 18.1 Å². The van der Waals surface area contributed by atoms with Gasteiger partial charge in [-0.2, -0.15) is 4.89 Å². The number of methoxy groups -OCH3 is 2. The third-order valence-electron chi connectivity index (χ3n) is 2.32. The summed E-state index contributed by atoms with van der Waals surface area (Å²) in [5, 5.41) is 0. The molecule has 1 heterocycles. The fraction of sp³-hybridized carbons (Fsp3) is 0.250. The minimum absolute atomic E-state index is 0.181. The van der Waals surface area contributed by atoms with Crippen LogP contribution in [-0.4, -0.2) is 26.6 Å². The molecule has 1 aromatic carbocycles. The van der Waals surface area contributed by atoms with E-state index in [4.69, 9.17) is 14.4 Å². The maximum atomic E-state index is 12.0. The predicted octanol–water partition coefficient (Wildman–Crippen LogP) is 1.73. The number of ketones is 1. The molecular weight excluding hydrogens is 224 g/mol. The summed E-state index contributed by atoms with van der Waals surface area (Å²) < 4.78 is 10.2. The molecule has 0 saturated heterocycles. The Kier molecular flexibility index (Phi) is 3.30. The first-order valence-corrected chi connectivity index (χ1v) is 5.02. The number of benzene rings is 1. The molecule has 0 amide bonds. The Morgan fingerprint density at radius 1 is 1.18 bits per heavy atom. The fourth-order valence-corrected chi connectivity index (χ4v) is 1.45. The van der Waals surface area contributed by atoms with E-state index >= 15 is 0 Å². The molecule has 0 fully saturated rings. The van der Waals surface area contributed by atoms with Crippen LogP contribution in [0.15, 0.2) is 30.0 Å². The first-order valence-electron chi connectivity index (χ1n) is 5.02. The number of allylic oxidation sites excluding steroid dienone is 1. The molecule has 2 rings (SSSR count). The van der Waals surface area contributed by atoms with E-state index in [2.05, 4.69) is 4.89 Å². The molecule has 0 unspecified atom stereocenters. The molecule has 0 N–H and O–H groups in total. The van der Waals surface area contributed by atoms with Crippen molar-refractivity contribution in [1.29, 1.82) is 0 Å². The van der Waals surface area contributed by atoms with Crippen molar-refractivity contribution in [3.8, 4) is 11.5 Å². The summed E-state index contributed by atoms with van der Waals surface area (Å²) >= 11 is 0. The Labute approximate surface area is 98.5 Å². The summed E-state index contributed by atoms with van der Waals surface area (Å²) in [4.78, 5) is 21.4. The van der Waals surface area contributed by atoms with Crippen molar-refractivity contribution >= 4 is 5.78 Å². The Morgan fingerprint density at radius 3 is 2.29 bits per heavy atom. The van der Waals surface area contributed by atoms with Crippen LogP contribution in [0.5, 0.6) is 11.5 Å². The van der Waals surface area contributed by atoms with Crippen molar-refractivity contribution in [2.45, 2.75) is 0 Å². The molecule has 90 valence electrons. The molecule has 17 heavy (non-hydrogen) atoms. The van der Waals surface area contributed by atoms with E-state index < -0.39 is 0 Å². The highest BCUT2D eigenvalue weighted by Gasteiger charge is 2.20. The summed E-state index contributed by atoms with van der Waals surface area (Å²) in [6, 6.07) is 4.93. The van der Waals surface area contributed by atoms with Crippen molar-refractivity contribution < 1.29 is 24.0 Å². The minimum atomic E-state index is -0.264. The molecule has 5 nitrogen and oxygen atoms in total. The van der Waals surface area contributed by atoms with Crippen molar-refractivity contribution in [2.75, 3.05) is 20.8 Å². The molecule has 0 aromatic heterocycles. The van der Waals surface area contributed by atoms with E-state index in [0.29, 0.717) is 17.1 Å². The normalized spacial score (nSPS) is 13.9. The van der Waals surface area contributed by atoms with Gasteiger partial charge in [-0.3, -0.25) is 4.79 Å². The lowest BCUT2D eigenvalue weighted by molar-refractivity contribution is -0.229. The van der Waals surface area contributed by atoms with Crippen LogP contribution in [0, 0.1) is 0 Å². The highest BCUT2D eigenvalue weighted by atomic mass is 17.2. The summed E-state index contributed by atoms with van der Waals surface area (Å²) in [6.07, 6.45) is 1.58. The Bertz CT molecular complexity index is 442. The van der Waals surface area contributed by atoms with E-state index in [1.807, 2.05) is 0 Å². The summed E-state index contributed by atoms with van der Waals surface area (Å²) in [5.41, 5.74) is 0.429. The molecule has 1 aliphatic rings. The fourth-order valence-electron chi connectivity index (χ4n) is 1.45. The molecule has 0 bridgehead atoms. The third kappa shape index (κ3) is 2.39. The molecule has 0 atom stereocenters. The predicted molar refractivity (Wildman–Crippen MR) is 59.0 cm³/mol. The van der Waals surface area contributed by atoms with E-state index in [1.165, 1.54) is 14.2 Å². The maximum Gasteiger partial charge on any atom is 0.231 e. The molecule has 0 spiro atoms. The second kappa shape index (κ2) is 4.88. The Morgan fingerprint density at radius 2 is 1.82 bits per heavy atom. The largest absolute Gasteiger partial charge is 0.497 e. The van der Waals surface area contributed by atoms with Gasteiger partial charge >= 0.3 is 0 Å². The van der Waals surface area contributed by atoms with Gasteiger partial charge in [0.05, 0.1) is 14.2 Å². The monoisotopic (exact) mass is 236 g/mol. The number of hydrogen-bond donors (Lipinski definition) is 0. The van der Waals surface area contributed by atoms with E-state index in [9.17, 15) is 4.79 Å². The lowest BCUT2D eigenvalue weighted by Crippen LogP contribution is -2.04. The van der Waals surface area contributed by atoms with Crippen molar-refractivity contribution in [1.82, 2.24) is 0 Å².